The third-order valence-electron chi connectivity index (χ3n) is 5.10. The van der Waals surface area contributed by atoms with Crippen LogP contribution in [0, 0.1) is 0 Å². The van der Waals surface area contributed by atoms with Gasteiger partial charge in [-0.25, -0.2) is 4.79 Å². The van der Waals surface area contributed by atoms with E-state index in [1.165, 1.54) is 0 Å². The number of amides is 1. The number of β-lactam (4-membered cyclic amide) rings is 1. The Morgan fingerprint density at radius 3 is 2.04 bits per heavy atom. The van der Waals surface area contributed by atoms with E-state index < -0.39 is 20.1 Å². The monoisotopic (exact) mass is 523 g/mol. The Balaban J connectivity index is 1.64. The Kier molecular flexibility index (Phi) is 5.13. The van der Waals surface area contributed by atoms with Crippen molar-refractivity contribution in [3.63, 3.8) is 0 Å². The van der Waals surface area contributed by atoms with Crippen molar-refractivity contribution in [2.75, 3.05) is 0 Å². The first-order valence-corrected chi connectivity index (χ1v) is 11.4. The molecule has 0 saturated carbocycles. The molecule has 0 aromatic heterocycles. The van der Waals surface area contributed by atoms with Crippen molar-refractivity contribution in [2.24, 2.45) is 0 Å². The zero-order valence-electron chi connectivity index (χ0n) is 15.3. The van der Waals surface area contributed by atoms with Gasteiger partial charge in [0, 0.05) is 4.75 Å². The van der Waals surface area contributed by atoms with Crippen LogP contribution in [0.5, 0.6) is 0 Å². The second-order valence-electron chi connectivity index (χ2n) is 7.45. The molecule has 2 aliphatic heterocycles. The van der Waals surface area contributed by atoms with Crippen LogP contribution >= 0.6 is 43.6 Å². The Labute approximate surface area is 185 Å². The molecule has 2 aromatic carbocycles. The van der Waals surface area contributed by atoms with E-state index >= 15 is 0 Å². The van der Waals surface area contributed by atoms with Gasteiger partial charge in [-0.3, -0.25) is 4.79 Å². The van der Waals surface area contributed by atoms with E-state index in [4.69, 9.17) is 4.74 Å². The Bertz CT molecular complexity index is 865. The van der Waals surface area contributed by atoms with Crippen molar-refractivity contribution in [2.45, 2.75) is 39.3 Å². The van der Waals surface area contributed by atoms with Crippen LogP contribution in [-0.4, -0.2) is 36.2 Å². The van der Waals surface area contributed by atoms with Crippen molar-refractivity contribution in [1.82, 2.24) is 4.90 Å². The lowest BCUT2D eigenvalue weighted by Crippen LogP contribution is -2.68. The number of rotatable bonds is 4. The second-order valence-corrected chi connectivity index (χ2v) is 12.8. The SMILES string of the molecule is CC1(C)SC2N(C(=O)C2(Br)Br)C1C(=O)OC(c1ccccc1)c1ccccc1. The van der Waals surface area contributed by atoms with E-state index in [0.29, 0.717) is 0 Å². The molecule has 7 heteroatoms. The third kappa shape index (κ3) is 3.21. The summed E-state index contributed by atoms with van der Waals surface area (Å²) in [4.78, 5) is 27.5. The molecule has 4 rings (SSSR count). The Hall–Kier alpha value is -1.31. The van der Waals surface area contributed by atoms with Gasteiger partial charge in [-0.15, -0.1) is 11.8 Å². The van der Waals surface area contributed by atoms with Crippen LogP contribution in [0.25, 0.3) is 0 Å². The van der Waals surface area contributed by atoms with Crippen LogP contribution in [0.1, 0.15) is 31.1 Å². The molecule has 4 nitrogen and oxygen atoms in total. The molecule has 2 atom stereocenters. The quantitative estimate of drug-likeness (QED) is 0.325. The average Bonchev–Trinajstić information content (AvgIpc) is 2.97. The zero-order valence-corrected chi connectivity index (χ0v) is 19.3. The maximum absolute atomic E-state index is 13.3. The summed E-state index contributed by atoms with van der Waals surface area (Å²) in [6, 6.07) is 18.7. The topological polar surface area (TPSA) is 46.6 Å². The highest BCUT2D eigenvalue weighted by molar-refractivity contribution is 9.26. The number of carbonyl (C=O) groups excluding carboxylic acids is 2. The number of nitrogens with zero attached hydrogens (tertiary/aromatic N) is 1. The van der Waals surface area contributed by atoms with Gasteiger partial charge in [-0.05, 0) is 25.0 Å². The molecule has 2 heterocycles. The van der Waals surface area contributed by atoms with Gasteiger partial charge in [-0.2, -0.15) is 0 Å². The maximum Gasteiger partial charge on any atom is 0.331 e. The highest BCUT2D eigenvalue weighted by Crippen LogP contribution is 2.60. The molecule has 146 valence electrons. The lowest BCUT2D eigenvalue weighted by atomic mass is 9.97. The Morgan fingerprint density at radius 1 is 1.04 bits per heavy atom. The highest BCUT2D eigenvalue weighted by atomic mass is 79.9. The number of esters is 1. The van der Waals surface area contributed by atoms with Crippen LogP contribution in [0.3, 0.4) is 0 Å². The van der Waals surface area contributed by atoms with Gasteiger partial charge < -0.3 is 9.64 Å². The number of ether oxygens (including phenoxy) is 1. The summed E-state index contributed by atoms with van der Waals surface area (Å²) < 4.78 is 4.76. The smallest absolute Gasteiger partial charge is 0.331 e. The second kappa shape index (κ2) is 7.18. The zero-order chi connectivity index (χ0) is 20.1. The van der Waals surface area contributed by atoms with Crippen LogP contribution in [0.15, 0.2) is 60.7 Å². The number of alkyl halides is 2. The molecular formula is C21H19Br2NO3S. The minimum Gasteiger partial charge on any atom is -0.451 e. The predicted octanol–water partition coefficient (Wildman–Crippen LogP) is 4.87. The summed E-state index contributed by atoms with van der Waals surface area (Å²) in [5.41, 5.74) is 1.79. The first-order chi connectivity index (χ1) is 13.2. The number of thioether (sulfide) groups is 1. The van der Waals surface area contributed by atoms with Gasteiger partial charge in [0.15, 0.2) is 9.34 Å². The largest absolute Gasteiger partial charge is 0.451 e. The van der Waals surface area contributed by atoms with E-state index in [2.05, 4.69) is 31.9 Å². The number of halogens is 2. The molecule has 2 fully saturated rings. The predicted molar refractivity (Wildman–Crippen MR) is 117 cm³/mol. The standard InChI is InChI=1S/C21H19Br2NO3S/c1-20(2)16(24-18(26)21(22,23)19(24)28-20)17(25)27-15(13-9-5-3-6-10-13)14-11-7-4-8-12-14/h3-12,15-16,19H,1-2H3. The molecule has 2 aromatic rings. The number of benzene rings is 2. The molecule has 0 spiro atoms. The molecule has 28 heavy (non-hydrogen) atoms. The summed E-state index contributed by atoms with van der Waals surface area (Å²) in [6.45, 7) is 3.95. The van der Waals surface area contributed by atoms with Gasteiger partial charge in [-0.1, -0.05) is 92.5 Å². The number of fused-ring (bicyclic) bond motifs is 1. The molecule has 0 radical (unpaired) electrons. The summed E-state index contributed by atoms with van der Waals surface area (Å²) in [5, 5.41) is -0.153. The minimum absolute atomic E-state index is 0.145. The van der Waals surface area contributed by atoms with Crippen molar-refractivity contribution in [1.29, 1.82) is 0 Å². The normalized spacial score (nSPS) is 24.6. The molecule has 0 bridgehead atoms. The summed E-state index contributed by atoms with van der Waals surface area (Å²) >= 11 is 8.48. The minimum atomic E-state index is -0.810. The van der Waals surface area contributed by atoms with Gasteiger partial charge in [0.1, 0.15) is 11.4 Å². The van der Waals surface area contributed by atoms with Crippen LogP contribution in [0.2, 0.25) is 0 Å². The molecule has 2 unspecified atom stereocenters. The Morgan fingerprint density at radius 2 is 1.54 bits per heavy atom. The molecular weight excluding hydrogens is 506 g/mol. The summed E-state index contributed by atoms with van der Waals surface area (Å²) in [7, 11) is 0. The number of hydrogen-bond donors (Lipinski definition) is 0. The third-order valence-corrected chi connectivity index (χ3v) is 8.88. The summed E-state index contributed by atoms with van der Waals surface area (Å²) in [5.74, 6) is -0.532. The van der Waals surface area contributed by atoms with Gasteiger partial charge in [0.2, 0.25) is 0 Å². The van der Waals surface area contributed by atoms with E-state index in [-0.39, 0.29) is 17.3 Å². The maximum atomic E-state index is 13.3. The molecule has 2 aliphatic rings. The van der Waals surface area contributed by atoms with Crippen LogP contribution < -0.4 is 0 Å². The van der Waals surface area contributed by atoms with Gasteiger partial charge >= 0.3 is 5.97 Å². The lowest BCUT2D eigenvalue weighted by Gasteiger charge is -2.46. The fraction of sp³-hybridized carbons (Fsp3) is 0.333. The van der Waals surface area contributed by atoms with Crippen molar-refractivity contribution in [3.05, 3.63) is 71.8 Å². The van der Waals surface area contributed by atoms with Crippen LogP contribution in [-0.2, 0) is 14.3 Å². The average molecular weight is 525 g/mol. The fourth-order valence-electron chi connectivity index (χ4n) is 3.73. The fourth-order valence-corrected chi connectivity index (χ4v) is 6.63. The number of hydrogen-bond acceptors (Lipinski definition) is 4. The molecule has 0 N–H and O–H groups in total. The first-order valence-electron chi connectivity index (χ1n) is 8.92. The van der Waals surface area contributed by atoms with E-state index in [9.17, 15) is 9.59 Å². The first kappa shape index (κ1) is 20.0. The van der Waals surface area contributed by atoms with Crippen molar-refractivity contribution in [3.8, 4) is 0 Å². The highest BCUT2D eigenvalue weighted by Gasteiger charge is 2.70. The van der Waals surface area contributed by atoms with Crippen LogP contribution in [0.4, 0.5) is 0 Å². The van der Waals surface area contributed by atoms with Gasteiger partial charge in [0.25, 0.3) is 5.91 Å². The molecule has 2 saturated heterocycles. The van der Waals surface area contributed by atoms with E-state index in [1.54, 1.807) is 16.7 Å². The molecule has 0 aliphatic carbocycles. The molecule has 1 amide bonds. The number of carbonyl (C=O) groups is 2. The van der Waals surface area contributed by atoms with Crippen molar-refractivity contribution >= 4 is 55.5 Å². The summed E-state index contributed by atoms with van der Waals surface area (Å²) in [6.07, 6.45) is -0.524. The van der Waals surface area contributed by atoms with Crippen molar-refractivity contribution < 1.29 is 14.3 Å². The van der Waals surface area contributed by atoms with Gasteiger partial charge in [0.05, 0.1) is 0 Å². The van der Waals surface area contributed by atoms with E-state index in [1.807, 2.05) is 74.5 Å². The lowest BCUT2D eigenvalue weighted by molar-refractivity contribution is -0.164. The van der Waals surface area contributed by atoms with E-state index in [0.717, 1.165) is 11.1 Å².